The Labute approximate surface area is 138 Å². The smallest absolute Gasteiger partial charge is 0.310 e. The molecule has 0 aromatic rings. The summed E-state index contributed by atoms with van der Waals surface area (Å²) in [7, 11) is 0. The minimum Gasteiger partial charge on any atom is -0.435 e. The topological polar surface area (TPSA) is 26.3 Å². The Hall–Kier alpha value is -0.790. The van der Waals surface area contributed by atoms with E-state index in [4.69, 9.17) is 0 Å². The van der Waals surface area contributed by atoms with Gasteiger partial charge >= 0.3 is 5.97 Å². The molecule has 0 saturated carbocycles. The molecule has 0 bridgehead atoms. The van der Waals surface area contributed by atoms with E-state index >= 15 is 0 Å². The van der Waals surface area contributed by atoms with Crippen LogP contribution in [0.1, 0.15) is 104 Å². The van der Waals surface area contributed by atoms with E-state index in [0.717, 1.165) is 12.8 Å². The molecule has 0 radical (unpaired) electrons. The van der Waals surface area contributed by atoms with Gasteiger partial charge in [0, 0.05) is 6.42 Å². The van der Waals surface area contributed by atoms with Gasteiger partial charge in [-0.25, -0.2) is 0 Å². The molecule has 0 atom stereocenters. The standard InChI is InChI=1S/C20H38O2/c1-5-22-19(21)17-15-13-11-9-7-6-8-10-12-14-16-18-20(2,3)4/h5H,1,6-18H2,2-4H3. The van der Waals surface area contributed by atoms with Crippen LogP contribution in [0.2, 0.25) is 0 Å². The lowest BCUT2D eigenvalue weighted by Gasteiger charge is -2.17. The molecule has 0 unspecified atom stereocenters. The first-order chi connectivity index (χ1) is 10.5. The molecule has 130 valence electrons. The first-order valence-electron chi connectivity index (χ1n) is 9.26. The highest BCUT2D eigenvalue weighted by atomic mass is 16.5. The third-order valence-electron chi connectivity index (χ3n) is 4.02. The maximum Gasteiger partial charge on any atom is 0.310 e. The molecule has 0 aromatic heterocycles. The number of rotatable bonds is 14. The summed E-state index contributed by atoms with van der Waals surface area (Å²) < 4.78 is 4.69. The van der Waals surface area contributed by atoms with E-state index in [1.807, 2.05) is 0 Å². The average molecular weight is 311 g/mol. The van der Waals surface area contributed by atoms with Crippen molar-refractivity contribution >= 4 is 5.97 Å². The Bertz CT molecular complexity index is 276. The summed E-state index contributed by atoms with van der Waals surface area (Å²) in [4.78, 5) is 11.1. The number of carbonyl (C=O) groups is 1. The Kier molecular flexibility index (Phi) is 13.3. The van der Waals surface area contributed by atoms with Crippen LogP contribution in [-0.2, 0) is 9.53 Å². The van der Waals surface area contributed by atoms with Crippen LogP contribution in [0, 0.1) is 5.41 Å². The third-order valence-corrected chi connectivity index (χ3v) is 4.02. The fourth-order valence-corrected chi connectivity index (χ4v) is 2.67. The Morgan fingerprint density at radius 1 is 0.818 bits per heavy atom. The molecular formula is C20H38O2. The largest absolute Gasteiger partial charge is 0.435 e. The van der Waals surface area contributed by atoms with E-state index in [9.17, 15) is 4.79 Å². The van der Waals surface area contributed by atoms with Crippen molar-refractivity contribution in [2.75, 3.05) is 0 Å². The quantitative estimate of drug-likeness (QED) is 0.200. The van der Waals surface area contributed by atoms with Gasteiger partial charge in [-0.3, -0.25) is 4.79 Å². The van der Waals surface area contributed by atoms with Gasteiger partial charge in [-0.05, 0) is 18.3 Å². The number of ether oxygens (including phenoxy) is 1. The molecule has 0 saturated heterocycles. The highest BCUT2D eigenvalue weighted by molar-refractivity contribution is 5.69. The summed E-state index contributed by atoms with van der Waals surface area (Å²) in [5, 5.41) is 0. The molecule has 0 spiro atoms. The molecule has 0 aliphatic rings. The number of esters is 1. The van der Waals surface area contributed by atoms with E-state index in [-0.39, 0.29) is 5.97 Å². The summed E-state index contributed by atoms with van der Waals surface area (Å²) in [6.45, 7) is 10.4. The lowest BCUT2D eigenvalue weighted by Crippen LogP contribution is -2.03. The van der Waals surface area contributed by atoms with E-state index in [1.54, 1.807) is 0 Å². The fraction of sp³-hybridized carbons (Fsp3) is 0.850. The Morgan fingerprint density at radius 3 is 1.64 bits per heavy atom. The van der Waals surface area contributed by atoms with Gasteiger partial charge in [0.1, 0.15) is 0 Å². The average Bonchev–Trinajstić information content (AvgIpc) is 2.43. The van der Waals surface area contributed by atoms with Gasteiger partial charge in [0.15, 0.2) is 0 Å². The Balaban J connectivity index is 3.11. The molecule has 0 aliphatic heterocycles. The zero-order valence-electron chi connectivity index (χ0n) is 15.3. The zero-order valence-corrected chi connectivity index (χ0v) is 15.3. The van der Waals surface area contributed by atoms with Crippen molar-refractivity contribution in [1.82, 2.24) is 0 Å². The molecule has 2 nitrogen and oxygen atoms in total. The van der Waals surface area contributed by atoms with Crippen molar-refractivity contribution in [3.05, 3.63) is 12.8 Å². The van der Waals surface area contributed by atoms with E-state index in [0.29, 0.717) is 11.8 Å². The van der Waals surface area contributed by atoms with E-state index in [1.165, 1.54) is 70.5 Å². The number of hydrogen-bond acceptors (Lipinski definition) is 2. The normalized spacial score (nSPS) is 11.4. The SMILES string of the molecule is C=COC(=O)CCCCCCCCCCCCCC(C)(C)C. The van der Waals surface area contributed by atoms with Crippen molar-refractivity contribution < 1.29 is 9.53 Å². The molecule has 22 heavy (non-hydrogen) atoms. The van der Waals surface area contributed by atoms with E-state index < -0.39 is 0 Å². The highest BCUT2D eigenvalue weighted by Crippen LogP contribution is 2.22. The summed E-state index contributed by atoms with van der Waals surface area (Å²) >= 11 is 0. The summed E-state index contributed by atoms with van der Waals surface area (Å²) in [6, 6.07) is 0. The lowest BCUT2D eigenvalue weighted by atomic mass is 9.89. The van der Waals surface area contributed by atoms with Gasteiger partial charge in [-0.15, -0.1) is 0 Å². The van der Waals surface area contributed by atoms with E-state index in [2.05, 4.69) is 32.1 Å². The van der Waals surface area contributed by atoms with Gasteiger partial charge in [0.2, 0.25) is 0 Å². The van der Waals surface area contributed by atoms with Crippen LogP contribution < -0.4 is 0 Å². The lowest BCUT2D eigenvalue weighted by molar-refractivity contribution is -0.138. The molecule has 2 heteroatoms. The van der Waals surface area contributed by atoms with Gasteiger partial charge < -0.3 is 4.74 Å². The molecule has 0 N–H and O–H groups in total. The highest BCUT2D eigenvalue weighted by Gasteiger charge is 2.08. The first-order valence-corrected chi connectivity index (χ1v) is 9.26. The van der Waals surface area contributed by atoms with Crippen LogP contribution in [0.5, 0.6) is 0 Å². The molecule has 0 heterocycles. The molecule has 0 fully saturated rings. The van der Waals surface area contributed by atoms with Crippen LogP contribution in [-0.4, -0.2) is 5.97 Å². The number of hydrogen-bond donors (Lipinski definition) is 0. The second-order valence-electron chi connectivity index (χ2n) is 7.61. The molecule has 0 aliphatic carbocycles. The predicted octanol–water partition coefficient (Wildman–Crippen LogP) is 6.79. The zero-order chi connectivity index (χ0) is 16.7. The maximum atomic E-state index is 11.1. The summed E-state index contributed by atoms with van der Waals surface area (Å²) in [6.07, 6.45) is 17.4. The second kappa shape index (κ2) is 13.8. The van der Waals surface area contributed by atoms with Gasteiger partial charge in [0.05, 0.1) is 6.26 Å². The molecule has 0 rings (SSSR count). The van der Waals surface area contributed by atoms with Crippen LogP contribution in [0.3, 0.4) is 0 Å². The summed E-state index contributed by atoms with van der Waals surface area (Å²) in [5.74, 6) is -0.151. The maximum absolute atomic E-state index is 11.1. The number of carbonyl (C=O) groups excluding carboxylic acids is 1. The fourth-order valence-electron chi connectivity index (χ4n) is 2.67. The third kappa shape index (κ3) is 17.3. The van der Waals surface area contributed by atoms with Crippen LogP contribution in [0.4, 0.5) is 0 Å². The Morgan fingerprint density at radius 2 is 1.23 bits per heavy atom. The minimum absolute atomic E-state index is 0.151. The molecule has 0 amide bonds. The van der Waals surface area contributed by atoms with Crippen molar-refractivity contribution in [2.24, 2.45) is 5.41 Å². The predicted molar refractivity (Wildman–Crippen MR) is 95.8 cm³/mol. The minimum atomic E-state index is -0.151. The van der Waals surface area contributed by atoms with Crippen molar-refractivity contribution in [3.8, 4) is 0 Å². The second-order valence-corrected chi connectivity index (χ2v) is 7.61. The van der Waals surface area contributed by atoms with Crippen molar-refractivity contribution in [1.29, 1.82) is 0 Å². The number of unbranched alkanes of at least 4 members (excludes halogenated alkanes) is 10. The van der Waals surface area contributed by atoms with Crippen molar-refractivity contribution in [3.63, 3.8) is 0 Å². The molecule has 0 aromatic carbocycles. The van der Waals surface area contributed by atoms with Crippen LogP contribution in [0.25, 0.3) is 0 Å². The van der Waals surface area contributed by atoms with Gasteiger partial charge in [0.25, 0.3) is 0 Å². The van der Waals surface area contributed by atoms with Gasteiger partial charge in [-0.2, -0.15) is 0 Å². The molecular weight excluding hydrogens is 272 g/mol. The monoisotopic (exact) mass is 310 g/mol. The van der Waals surface area contributed by atoms with Crippen LogP contribution in [0.15, 0.2) is 12.8 Å². The van der Waals surface area contributed by atoms with Crippen molar-refractivity contribution in [2.45, 2.75) is 104 Å². The first kappa shape index (κ1) is 21.2. The van der Waals surface area contributed by atoms with Crippen LogP contribution >= 0.6 is 0 Å². The summed E-state index contributed by atoms with van der Waals surface area (Å²) in [5.41, 5.74) is 0.502. The van der Waals surface area contributed by atoms with Gasteiger partial charge in [-0.1, -0.05) is 91.6 Å².